The van der Waals surface area contributed by atoms with Gasteiger partial charge in [0.2, 0.25) is 5.91 Å². The minimum absolute atomic E-state index is 0.277. The number of amides is 1. The molecule has 0 aromatic heterocycles. The zero-order valence-electron chi connectivity index (χ0n) is 16.6. The van der Waals surface area contributed by atoms with Crippen LogP contribution in [0, 0.1) is 0 Å². The standard InChI is InChI=1S/C22H30N4O2/c1-2-23-22(24-13-7-16-26-15-6-12-21(26)27)25-14-17-28-20-11-5-9-18-8-3-4-10-19(18)20/h3-5,8-11H,2,6-7,12-17H2,1H3,(H2,23,24,25). The molecule has 2 aromatic rings. The molecule has 150 valence electrons. The Bertz CT molecular complexity index is 801. The van der Waals surface area contributed by atoms with E-state index < -0.39 is 0 Å². The van der Waals surface area contributed by atoms with Crippen molar-refractivity contribution in [3.05, 3.63) is 42.5 Å². The Hall–Kier alpha value is -2.76. The quantitative estimate of drug-likeness (QED) is 0.398. The van der Waals surface area contributed by atoms with Gasteiger partial charge >= 0.3 is 0 Å². The van der Waals surface area contributed by atoms with Crippen LogP contribution in [-0.2, 0) is 4.79 Å². The largest absolute Gasteiger partial charge is 0.491 e. The Kier molecular flexibility index (Phi) is 7.53. The van der Waals surface area contributed by atoms with Gasteiger partial charge in [-0.2, -0.15) is 0 Å². The lowest BCUT2D eigenvalue weighted by atomic mass is 10.1. The van der Waals surface area contributed by atoms with Crippen LogP contribution in [0.2, 0.25) is 0 Å². The number of fused-ring (bicyclic) bond motifs is 1. The smallest absolute Gasteiger partial charge is 0.222 e. The van der Waals surface area contributed by atoms with Gasteiger partial charge in [-0.25, -0.2) is 0 Å². The van der Waals surface area contributed by atoms with E-state index >= 15 is 0 Å². The molecule has 3 rings (SSSR count). The second-order valence-corrected chi connectivity index (χ2v) is 6.85. The summed E-state index contributed by atoms with van der Waals surface area (Å²) in [4.78, 5) is 18.2. The molecule has 2 aromatic carbocycles. The van der Waals surface area contributed by atoms with Crippen LogP contribution in [0.4, 0.5) is 0 Å². The summed E-state index contributed by atoms with van der Waals surface area (Å²) in [5.41, 5.74) is 0. The molecule has 0 atom stereocenters. The molecule has 0 bridgehead atoms. The molecule has 0 aliphatic carbocycles. The van der Waals surface area contributed by atoms with E-state index in [1.807, 2.05) is 36.1 Å². The number of likely N-dealkylation sites (tertiary alicyclic amines) is 1. The molecule has 28 heavy (non-hydrogen) atoms. The average Bonchev–Trinajstić information content (AvgIpc) is 3.13. The number of hydrogen-bond donors (Lipinski definition) is 2. The average molecular weight is 383 g/mol. The fourth-order valence-electron chi connectivity index (χ4n) is 3.39. The highest BCUT2D eigenvalue weighted by Crippen LogP contribution is 2.24. The Morgan fingerprint density at radius 3 is 2.86 bits per heavy atom. The molecule has 1 heterocycles. The highest BCUT2D eigenvalue weighted by molar-refractivity contribution is 5.88. The van der Waals surface area contributed by atoms with Crippen molar-refractivity contribution in [2.75, 3.05) is 39.3 Å². The van der Waals surface area contributed by atoms with Crippen LogP contribution in [0.1, 0.15) is 26.2 Å². The van der Waals surface area contributed by atoms with Crippen molar-refractivity contribution >= 4 is 22.6 Å². The molecule has 0 saturated carbocycles. The summed E-state index contributed by atoms with van der Waals surface area (Å²) < 4.78 is 5.96. The van der Waals surface area contributed by atoms with Crippen LogP contribution in [0.5, 0.6) is 5.75 Å². The van der Waals surface area contributed by atoms with E-state index in [-0.39, 0.29) is 5.91 Å². The number of nitrogens with zero attached hydrogens (tertiary/aromatic N) is 2. The number of benzene rings is 2. The summed E-state index contributed by atoms with van der Waals surface area (Å²) in [5, 5.41) is 8.87. The van der Waals surface area contributed by atoms with Crippen molar-refractivity contribution in [1.82, 2.24) is 15.5 Å². The number of carbonyl (C=O) groups excluding carboxylic acids is 1. The Morgan fingerprint density at radius 2 is 2.04 bits per heavy atom. The van der Waals surface area contributed by atoms with Crippen molar-refractivity contribution in [3.63, 3.8) is 0 Å². The maximum atomic E-state index is 11.6. The van der Waals surface area contributed by atoms with Crippen LogP contribution < -0.4 is 15.4 Å². The lowest BCUT2D eigenvalue weighted by Gasteiger charge is -2.15. The predicted molar refractivity (Wildman–Crippen MR) is 114 cm³/mol. The van der Waals surface area contributed by atoms with Gasteiger partial charge in [-0.1, -0.05) is 36.4 Å². The Labute approximate surface area is 167 Å². The maximum Gasteiger partial charge on any atom is 0.222 e. The number of rotatable bonds is 9. The lowest BCUT2D eigenvalue weighted by Crippen LogP contribution is -2.39. The molecule has 0 radical (unpaired) electrons. The van der Waals surface area contributed by atoms with Crippen LogP contribution in [0.15, 0.2) is 47.5 Å². The first-order chi connectivity index (χ1) is 13.8. The molecule has 6 heteroatoms. The zero-order chi connectivity index (χ0) is 19.6. The van der Waals surface area contributed by atoms with Crippen molar-refractivity contribution in [2.24, 2.45) is 4.99 Å². The van der Waals surface area contributed by atoms with E-state index in [4.69, 9.17) is 4.74 Å². The van der Waals surface area contributed by atoms with Crippen molar-refractivity contribution < 1.29 is 9.53 Å². The molecule has 0 spiro atoms. The Morgan fingerprint density at radius 1 is 1.18 bits per heavy atom. The topological polar surface area (TPSA) is 66.0 Å². The minimum Gasteiger partial charge on any atom is -0.491 e. The highest BCUT2D eigenvalue weighted by atomic mass is 16.5. The van der Waals surface area contributed by atoms with Gasteiger partial charge in [0.25, 0.3) is 0 Å². The third kappa shape index (κ3) is 5.62. The van der Waals surface area contributed by atoms with Crippen molar-refractivity contribution in [1.29, 1.82) is 0 Å². The number of guanidine groups is 1. The van der Waals surface area contributed by atoms with Gasteiger partial charge in [0.1, 0.15) is 12.4 Å². The van der Waals surface area contributed by atoms with Crippen LogP contribution >= 0.6 is 0 Å². The highest BCUT2D eigenvalue weighted by Gasteiger charge is 2.18. The van der Waals surface area contributed by atoms with Crippen LogP contribution in [0.25, 0.3) is 10.8 Å². The molecule has 0 unspecified atom stereocenters. The third-order valence-electron chi connectivity index (χ3n) is 4.77. The number of carbonyl (C=O) groups is 1. The van der Waals surface area contributed by atoms with Crippen LogP contribution in [0.3, 0.4) is 0 Å². The van der Waals surface area contributed by atoms with E-state index in [1.165, 1.54) is 5.39 Å². The lowest BCUT2D eigenvalue weighted by molar-refractivity contribution is -0.127. The predicted octanol–water partition coefficient (Wildman–Crippen LogP) is 2.79. The maximum absolute atomic E-state index is 11.6. The van der Waals surface area contributed by atoms with Gasteiger partial charge in [0.05, 0.1) is 6.54 Å². The zero-order valence-corrected chi connectivity index (χ0v) is 16.6. The monoisotopic (exact) mass is 382 g/mol. The summed E-state index contributed by atoms with van der Waals surface area (Å²) in [7, 11) is 0. The van der Waals surface area contributed by atoms with E-state index in [0.29, 0.717) is 26.1 Å². The fourth-order valence-corrected chi connectivity index (χ4v) is 3.39. The summed E-state index contributed by atoms with van der Waals surface area (Å²) >= 11 is 0. The minimum atomic E-state index is 0.277. The first kappa shape index (κ1) is 20.0. The van der Waals surface area contributed by atoms with Gasteiger partial charge in [0, 0.05) is 38.0 Å². The second kappa shape index (κ2) is 10.5. The normalized spacial score (nSPS) is 14.5. The van der Waals surface area contributed by atoms with E-state index in [9.17, 15) is 4.79 Å². The van der Waals surface area contributed by atoms with Crippen molar-refractivity contribution in [2.45, 2.75) is 26.2 Å². The molecule has 1 amide bonds. The number of nitrogens with one attached hydrogen (secondary N) is 2. The van der Waals surface area contributed by atoms with Gasteiger partial charge in [0.15, 0.2) is 5.96 Å². The van der Waals surface area contributed by atoms with E-state index in [2.05, 4.69) is 33.8 Å². The molecule has 1 fully saturated rings. The van der Waals surface area contributed by atoms with Gasteiger partial charge in [-0.15, -0.1) is 0 Å². The Balaban J connectivity index is 1.42. The van der Waals surface area contributed by atoms with Crippen molar-refractivity contribution in [3.8, 4) is 5.75 Å². The third-order valence-corrected chi connectivity index (χ3v) is 4.77. The molecule has 1 aliphatic rings. The van der Waals surface area contributed by atoms with E-state index in [0.717, 1.165) is 49.6 Å². The second-order valence-electron chi connectivity index (χ2n) is 6.85. The first-order valence-corrected chi connectivity index (χ1v) is 10.2. The molecular weight excluding hydrogens is 352 g/mol. The van der Waals surface area contributed by atoms with Gasteiger partial charge in [-0.3, -0.25) is 9.79 Å². The number of aliphatic imine (C=N–C) groups is 1. The van der Waals surface area contributed by atoms with Gasteiger partial charge in [-0.05, 0) is 31.2 Å². The molecular formula is C22H30N4O2. The molecule has 1 saturated heterocycles. The molecule has 2 N–H and O–H groups in total. The SMILES string of the molecule is CCNC(=NCCCN1CCCC1=O)NCCOc1cccc2ccccc12. The summed E-state index contributed by atoms with van der Waals surface area (Å²) in [6, 6.07) is 14.3. The van der Waals surface area contributed by atoms with E-state index in [1.54, 1.807) is 0 Å². The van der Waals surface area contributed by atoms with Gasteiger partial charge < -0.3 is 20.3 Å². The summed E-state index contributed by atoms with van der Waals surface area (Å²) in [5.74, 6) is 1.97. The first-order valence-electron chi connectivity index (χ1n) is 10.2. The fraction of sp³-hybridized carbons (Fsp3) is 0.455. The molecule has 1 aliphatic heterocycles. The summed E-state index contributed by atoms with van der Waals surface area (Å²) in [6.45, 7) is 6.47. The summed E-state index contributed by atoms with van der Waals surface area (Å²) in [6.07, 6.45) is 2.57. The molecule has 6 nitrogen and oxygen atoms in total. The number of hydrogen-bond acceptors (Lipinski definition) is 3. The number of ether oxygens (including phenoxy) is 1. The van der Waals surface area contributed by atoms with Crippen LogP contribution in [-0.4, -0.2) is 56.1 Å².